The molecule has 88 valence electrons. The van der Waals surface area contributed by atoms with E-state index >= 15 is 0 Å². The van der Waals surface area contributed by atoms with Gasteiger partial charge in [-0.15, -0.1) is 0 Å². The van der Waals surface area contributed by atoms with E-state index in [0.717, 1.165) is 5.56 Å². The fourth-order valence-electron chi connectivity index (χ4n) is 1.63. The van der Waals surface area contributed by atoms with E-state index in [4.69, 9.17) is 27.9 Å². The van der Waals surface area contributed by atoms with E-state index in [0.29, 0.717) is 11.3 Å². The Kier molecular flexibility index (Phi) is 3.46. The van der Waals surface area contributed by atoms with Gasteiger partial charge in [0.05, 0.1) is 7.11 Å². The molecule has 2 aromatic carbocycles. The third-order valence-electron chi connectivity index (χ3n) is 2.43. The third-order valence-corrected chi connectivity index (χ3v) is 3.27. The molecule has 0 unspecified atom stereocenters. The van der Waals surface area contributed by atoms with Crippen molar-refractivity contribution < 1.29 is 9.84 Å². The molecule has 2 nitrogen and oxygen atoms in total. The van der Waals surface area contributed by atoms with Crippen LogP contribution in [0.4, 0.5) is 0 Å². The first-order valence-corrected chi connectivity index (χ1v) is 5.71. The highest BCUT2D eigenvalue weighted by molar-refractivity contribution is 6.44. The van der Waals surface area contributed by atoms with Gasteiger partial charge >= 0.3 is 0 Å². The molecule has 2 rings (SSSR count). The van der Waals surface area contributed by atoms with Gasteiger partial charge < -0.3 is 9.84 Å². The normalized spacial score (nSPS) is 10.3. The Morgan fingerprint density at radius 3 is 2.29 bits per heavy atom. The Morgan fingerprint density at radius 1 is 1.06 bits per heavy atom. The van der Waals surface area contributed by atoms with Crippen molar-refractivity contribution in [2.75, 3.05) is 7.11 Å². The number of phenolic OH excluding ortho intramolecular Hbond substituents is 1. The van der Waals surface area contributed by atoms with Crippen molar-refractivity contribution in [2.24, 2.45) is 0 Å². The maximum Gasteiger partial charge on any atom is 0.147 e. The molecule has 0 aromatic heterocycles. The van der Waals surface area contributed by atoms with Crippen LogP contribution in [0.3, 0.4) is 0 Å². The summed E-state index contributed by atoms with van der Waals surface area (Å²) in [6, 6.07) is 11.1. The molecule has 0 radical (unpaired) electrons. The van der Waals surface area contributed by atoms with Gasteiger partial charge in [-0.2, -0.15) is 0 Å². The molecule has 0 saturated heterocycles. The molecule has 17 heavy (non-hydrogen) atoms. The number of phenols is 1. The Bertz CT molecular complexity index is 539. The summed E-state index contributed by atoms with van der Waals surface area (Å²) in [6.07, 6.45) is 0. The zero-order chi connectivity index (χ0) is 12.4. The van der Waals surface area contributed by atoms with Gasteiger partial charge in [0.15, 0.2) is 0 Å². The SMILES string of the molecule is COc1c(-c2ccccc2)cc(O)c(Cl)c1Cl. The highest BCUT2D eigenvalue weighted by Crippen LogP contribution is 2.45. The van der Waals surface area contributed by atoms with E-state index in [2.05, 4.69) is 0 Å². The maximum atomic E-state index is 9.69. The second-order valence-electron chi connectivity index (χ2n) is 3.47. The number of halogens is 2. The number of methoxy groups -OCH3 is 1. The van der Waals surface area contributed by atoms with Crippen LogP contribution < -0.4 is 4.74 Å². The topological polar surface area (TPSA) is 29.5 Å². The van der Waals surface area contributed by atoms with Crippen LogP contribution >= 0.6 is 23.2 Å². The first kappa shape index (κ1) is 12.1. The number of hydrogen-bond donors (Lipinski definition) is 1. The summed E-state index contributed by atoms with van der Waals surface area (Å²) >= 11 is 11.9. The van der Waals surface area contributed by atoms with Crippen LogP contribution in [-0.2, 0) is 0 Å². The summed E-state index contributed by atoms with van der Waals surface area (Å²) in [5.74, 6) is 0.400. The molecule has 0 fully saturated rings. The Balaban J connectivity index is 2.70. The lowest BCUT2D eigenvalue weighted by Crippen LogP contribution is -1.90. The molecule has 0 saturated carbocycles. The molecular weight excluding hydrogens is 259 g/mol. The molecule has 1 N–H and O–H groups in total. The van der Waals surface area contributed by atoms with Crippen LogP contribution in [0.25, 0.3) is 11.1 Å². The summed E-state index contributed by atoms with van der Waals surface area (Å²) < 4.78 is 5.24. The lowest BCUT2D eigenvalue weighted by molar-refractivity contribution is 0.414. The summed E-state index contributed by atoms with van der Waals surface area (Å²) in [7, 11) is 1.51. The number of rotatable bonds is 2. The minimum absolute atomic E-state index is 0.0590. The molecule has 4 heteroatoms. The Morgan fingerprint density at radius 2 is 1.71 bits per heavy atom. The summed E-state index contributed by atoms with van der Waals surface area (Å²) in [4.78, 5) is 0. The van der Waals surface area contributed by atoms with Crippen LogP contribution in [-0.4, -0.2) is 12.2 Å². The van der Waals surface area contributed by atoms with Gasteiger partial charge in [0.25, 0.3) is 0 Å². The van der Waals surface area contributed by atoms with Gasteiger partial charge in [-0.05, 0) is 11.6 Å². The molecule has 0 bridgehead atoms. The first-order valence-electron chi connectivity index (χ1n) is 4.95. The number of aromatic hydroxyl groups is 1. The van der Waals surface area contributed by atoms with Crippen LogP contribution in [0.5, 0.6) is 11.5 Å². The molecule has 0 aliphatic rings. The molecule has 0 amide bonds. The van der Waals surface area contributed by atoms with E-state index in [1.165, 1.54) is 7.11 Å². The molecule has 2 aromatic rings. The van der Waals surface area contributed by atoms with Crippen molar-refractivity contribution in [3.63, 3.8) is 0 Å². The van der Waals surface area contributed by atoms with Gasteiger partial charge in [0.1, 0.15) is 21.5 Å². The van der Waals surface area contributed by atoms with Crippen molar-refractivity contribution in [1.29, 1.82) is 0 Å². The van der Waals surface area contributed by atoms with Gasteiger partial charge in [-0.3, -0.25) is 0 Å². The third kappa shape index (κ3) is 2.19. The molecule has 0 spiro atoms. The van der Waals surface area contributed by atoms with E-state index < -0.39 is 0 Å². The molecule has 0 aliphatic carbocycles. The molecule has 0 aliphatic heterocycles. The minimum atomic E-state index is -0.0590. The second-order valence-corrected chi connectivity index (χ2v) is 4.23. The van der Waals surface area contributed by atoms with Gasteiger partial charge in [-0.25, -0.2) is 0 Å². The smallest absolute Gasteiger partial charge is 0.147 e. The number of hydrogen-bond acceptors (Lipinski definition) is 2. The zero-order valence-corrected chi connectivity index (χ0v) is 10.6. The summed E-state index contributed by atoms with van der Waals surface area (Å²) in [6.45, 7) is 0. The van der Waals surface area contributed by atoms with Crippen LogP contribution in [0, 0.1) is 0 Å². The monoisotopic (exact) mass is 268 g/mol. The van der Waals surface area contributed by atoms with E-state index in [1.807, 2.05) is 30.3 Å². The van der Waals surface area contributed by atoms with E-state index in [9.17, 15) is 5.11 Å². The van der Waals surface area contributed by atoms with Crippen LogP contribution in [0.15, 0.2) is 36.4 Å². The highest BCUT2D eigenvalue weighted by Gasteiger charge is 2.16. The van der Waals surface area contributed by atoms with Crippen LogP contribution in [0.2, 0.25) is 10.0 Å². The fourth-order valence-corrected chi connectivity index (χ4v) is 2.04. The van der Waals surface area contributed by atoms with E-state index in [-0.39, 0.29) is 15.8 Å². The standard InChI is InChI=1S/C13H10Cl2O2/c1-17-13-9(8-5-3-2-4-6-8)7-10(16)11(14)12(13)15/h2-7,16H,1H3. The van der Waals surface area contributed by atoms with Crippen molar-refractivity contribution in [2.45, 2.75) is 0 Å². The van der Waals surface area contributed by atoms with Crippen molar-refractivity contribution in [3.05, 3.63) is 46.4 Å². The summed E-state index contributed by atoms with van der Waals surface area (Å²) in [5, 5.41) is 10.0. The molecule has 0 atom stereocenters. The average Bonchev–Trinajstić information content (AvgIpc) is 2.36. The van der Waals surface area contributed by atoms with E-state index in [1.54, 1.807) is 6.07 Å². The van der Waals surface area contributed by atoms with Crippen molar-refractivity contribution in [3.8, 4) is 22.6 Å². The van der Waals surface area contributed by atoms with Crippen LogP contribution in [0.1, 0.15) is 0 Å². The predicted octanol–water partition coefficient (Wildman–Crippen LogP) is 4.37. The van der Waals surface area contributed by atoms with Gasteiger partial charge in [0, 0.05) is 5.56 Å². The second kappa shape index (κ2) is 4.86. The first-order chi connectivity index (χ1) is 8.15. The lowest BCUT2D eigenvalue weighted by Gasteiger charge is -2.12. The highest BCUT2D eigenvalue weighted by atomic mass is 35.5. The number of ether oxygens (including phenoxy) is 1. The summed E-state index contributed by atoms with van der Waals surface area (Å²) in [5.41, 5.74) is 1.61. The average molecular weight is 269 g/mol. The predicted molar refractivity (Wildman–Crippen MR) is 70.1 cm³/mol. The maximum absolute atomic E-state index is 9.69. The number of benzene rings is 2. The van der Waals surface area contributed by atoms with Crippen molar-refractivity contribution >= 4 is 23.2 Å². The largest absolute Gasteiger partial charge is 0.506 e. The lowest BCUT2D eigenvalue weighted by atomic mass is 10.0. The van der Waals surface area contributed by atoms with Crippen molar-refractivity contribution in [1.82, 2.24) is 0 Å². The van der Waals surface area contributed by atoms with Gasteiger partial charge in [-0.1, -0.05) is 53.5 Å². The quantitative estimate of drug-likeness (QED) is 0.876. The van der Waals surface area contributed by atoms with Gasteiger partial charge in [0.2, 0.25) is 0 Å². The Labute approximate surface area is 109 Å². The zero-order valence-electron chi connectivity index (χ0n) is 9.08. The fraction of sp³-hybridized carbons (Fsp3) is 0.0769. The molecular formula is C13H10Cl2O2. The molecule has 0 heterocycles. The Hall–Kier alpha value is -1.38. The minimum Gasteiger partial charge on any atom is -0.506 e.